The molecule has 0 aromatic rings. The van der Waals surface area contributed by atoms with Gasteiger partial charge in [-0.1, -0.05) is 0 Å². The highest BCUT2D eigenvalue weighted by atomic mass is 16.8. The fourth-order valence-corrected chi connectivity index (χ4v) is 10.6. The van der Waals surface area contributed by atoms with Gasteiger partial charge in [0.05, 0.1) is 39.6 Å². The number of aliphatic hydroxyl groups excluding tert-OH is 20. The Kier molecular flexibility index (Phi) is 22.3. The van der Waals surface area contributed by atoms with Gasteiger partial charge in [0.25, 0.3) is 5.79 Å². The molecule has 39 nitrogen and oxygen atoms in total. The zero-order valence-corrected chi connectivity index (χ0v) is 43.7. The summed E-state index contributed by atoms with van der Waals surface area (Å²) in [6, 6.07) is 0. The van der Waals surface area contributed by atoms with Crippen molar-refractivity contribution in [3.8, 4) is 0 Å². The first-order chi connectivity index (χ1) is 39.6. The van der Waals surface area contributed by atoms with E-state index in [2.05, 4.69) is 0 Å². The lowest BCUT2D eigenvalue weighted by Crippen LogP contribution is -2.68. The molecule has 0 spiro atoms. The average molecular weight is 1240 g/mol. The molecule has 0 aromatic carbocycles. The third-order valence-corrected chi connectivity index (χ3v) is 15.6. The molecular weight excluding hydrogens is 1160 g/mol. The molecule has 36 atom stereocenters. The van der Waals surface area contributed by atoms with Crippen molar-refractivity contribution in [2.75, 3.05) is 39.6 Å². The SMILES string of the molecule is CC1(C(=O)O)OC[C@H]2O[C@@H](O[C@H]3[C@H](O)[C@@H](O)[C@H](OC[C@H]4O[C@H](O[C@H]5[C@H](O)[C@@H](O)[C@@H](O[C@@H]6[C@H](O)[C@@H](O[C@@H]7[C@@H](O[C@H]8[C@@H](O)[C@@H](CO)OC(O)[C@@H]8O)O[C@H](CO)[C@@H](O)[C@@H]7O)O[C@H](CO)[C@H]6O)O[C@@H]5C(=O)O)[C@H](O)[C@@H](O)[C@@H]4O)O[C@@H]3CO)[C@H](O)[C@@H](O)[C@H]2O1. The van der Waals surface area contributed by atoms with Crippen LogP contribution < -0.4 is 0 Å². The van der Waals surface area contributed by atoms with Crippen LogP contribution in [0.1, 0.15) is 6.92 Å². The van der Waals surface area contributed by atoms with Crippen molar-refractivity contribution in [3.05, 3.63) is 0 Å². The number of hydrogen-bond donors (Lipinski definition) is 22. The van der Waals surface area contributed by atoms with Crippen LogP contribution in [0, 0.1) is 0 Å². The summed E-state index contributed by atoms with van der Waals surface area (Å²) >= 11 is 0. The second-order valence-corrected chi connectivity index (χ2v) is 21.1. The monoisotopic (exact) mass is 1240 g/mol. The van der Waals surface area contributed by atoms with Crippen LogP contribution in [0.15, 0.2) is 0 Å². The predicted molar refractivity (Wildman–Crippen MR) is 246 cm³/mol. The number of carboxylic acids is 2. The number of carbonyl (C=O) groups is 2. The minimum atomic E-state index is -2.48. The van der Waals surface area contributed by atoms with Gasteiger partial charge in [-0.3, -0.25) is 0 Å². The summed E-state index contributed by atoms with van der Waals surface area (Å²) in [5, 5.41) is 235. The molecule has 0 aromatic heterocycles. The summed E-state index contributed by atoms with van der Waals surface area (Å²) in [6.45, 7) is -4.41. The lowest BCUT2D eigenvalue weighted by molar-refractivity contribution is -0.400. The summed E-state index contributed by atoms with van der Waals surface area (Å²) in [7, 11) is 0. The van der Waals surface area contributed by atoms with Gasteiger partial charge in [0.1, 0.15) is 165 Å². The number of rotatable bonds is 19. The van der Waals surface area contributed by atoms with E-state index in [1.54, 1.807) is 0 Å². The molecule has 8 rings (SSSR count). The molecule has 0 aliphatic carbocycles. The van der Waals surface area contributed by atoms with E-state index in [0.717, 1.165) is 6.92 Å². The molecule has 486 valence electrons. The number of ether oxygens (including phenoxy) is 15. The maximum absolute atomic E-state index is 12.7. The van der Waals surface area contributed by atoms with E-state index < -0.39 is 272 Å². The van der Waals surface area contributed by atoms with Crippen LogP contribution in [-0.2, 0) is 80.6 Å². The molecule has 22 N–H and O–H groups in total. The number of fused-ring (bicyclic) bond motifs is 1. The van der Waals surface area contributed by atoms with E-state index in [1.165, 1.54) is 0 Å². The largest absolute Gasteiger partial charge is 0.479 e. The molecule has 84 heavy (non-hydrogen) atoms. The van der Waals surface area contributed by atoms with E-state index in [1.807, 2.05) is 0 Å². The fraction of sp³-hybridized carbons (Fsp3) is 0.956. The highest BCUT2D eigenvalue weighted by Gasteiger charge is 2.60. The lowest BCUT2D eigenvalue weighted by atomic mass is 9.95. The number of hydrogen-bond acceptors (Lipinski definition) is 37. The molecule has 8 fully saturated rings. The molecule has 8 saturated heterocycles. The topological polar surface area (TPSA) is 618 Å². The third kappa shape index (κ3) is 13.4. The van der Waals surface area contributed by atoms with E-state index in [4.69, 9.17) is 71.1 Å². The van der Waals surface area contributed by atoms with Gasteiger partial charge >= 0.3 is 11.9 Å². The van der Waals surface area contributed by atoms with Crippen LogP contribution in [0.5, 0.6) is 0 Å². The van der Waals surface area contributed by atoms with E-state index in [9.17, 15) is 122 Å². The van der Waals surface area contributed by atoms with Crippen LogP contribution in [0.3, 0.4) is 0 Å². The molecule has 8 aliphatic heterocycles. The summed E-state index contributed by atoms with van der Waals surface area (Å²) in [5.74, 6) is -5.76. The summed E-state index contributed by atoms with van der Waals surface area (Å²) in [6.07, 6.45) is -71.3. The van der Waals surface area contributed by atoms with Crippen molar-refractivity contribution in [2.24, 2.45) is 0 Å². The van der Waals surface area contributed by atoms with Gasteiger partial charge in [0.15, 0.2) is 50.1 Å². The highest BCUT2D eigenvalue weighted by molar-refractivity contribution is 5.75. The number of aliphatic carboxylic acids is 2. The maximum Gasteiger partial charge on any atom is 0.364 e. The highest BCUT2D eigenvalue weighted by Crippen LogP contribution is 2.39. The average Bonchev–Trinajstić information content (AvgIpc) is 2.50. The molecule has 2 unspecified atom stereocenters. The fourth-order valence-electron chi connectivity index (χ4n) is 10.6. The number of aliphatic hydroxyl groups is 20. The lowest BCUT2D eigenvalue weighted by Gasteiger charge is -2.50. The van der Waals surface area contributed by atoms with Crippen molar-refractivity contribution in [3.63, 3.8) is 0 Å². The Morgan fingerprint density at radius 2 is 0.833 bits per heavy atom. The Labute approximate surface area is 471 Å². The van der Waals surface area contributed by atoms with Crippen molar-refractivity contribution >= 4 is 11.9 Å². The van der Waals surface area contributed by atoms with Crippen molar-refractivity contribution in [1.82, 2.24) is 0 Å². The van der Waals surface area contributed by atoms with Crippen LogP contribution >= 0.6 is 0 Å². The normalized spacial score (nSPS) is 53.0. The Morgan fingerprint density at radius 1 is 0.405 bits per heavy atom. The minimum Gasteiger partial charge on any atom is -0.479 e. The van der Waals surface area contributed by atoms with Gasteiger partial charge in [-0.05, 0) is 0 Å². The van der Waals surface area contributed by atoms with Crippen LogP contribution in [0.2, 0.25) is 0 Å². The van der Waals surface area contributed by atoms with Gasteiger partial charge in [-0.15, -0.1) is 0 Å². The van der Waals surface area contributed by atoms with E-state index in [-0.39, 0.29) is 0 Å². The molecular formula is C45H72O39. The summed E-state index contributed by atoms with van der Waals surface area (Å²) < 4.78 is 82.5. The van der Waals surface area contributed by atoms with Crippen molar-refractivity contribution in [2.45, 2.75) is 228 Å². The smallest absolute Gasteiger partial charge is 0.364 e. The Hall–Kier alpha value is -2.46. The third-order valence-electron chi connectivity index (χ3n) is 15.6. The Balaban J connectivity index is 0.905. The maximum atomic E-state index is 12.7. The second-order valence-electron chi connectivity index (χ2n) is 21.1. The molecule has 8 heterocycles. The van der Waals surface area contributed by atoms with Crippen LogP contribution in [0.25, 0.3) is 0 Å². The van der Waals surface area contributed by atoms with Gasteiger partial charge in [0.2, 0.25) is 0 Å². The zero-order chi connectivity index (χ0) is 61.7. The zero-order valence-electron chi connectivity index (χ0n) is 43.7. The van der Waals surface area contributed by atoms with Gasteiger partial charge < -0.3 is 183 Å². The first-order valence-electron chi connectivity index (χ1n) is 26.2. The quantitative estimate of drug-likeness (QED) is 0.0571. The standard InChI is InChI=1S/C45H72O39/c1-45(44(68)69)71-7-13-30(84-45)21(57)25(61)40(77-13)78-29-11(5-49)75-38(24(60)20(29)56)70-6-12-15(51)18(54)23(59)39(76-12)81-33-22(58)26(62)41(83-35(33)36(65)66)79-32-17(53)10(4-48)73-42(28(32)64)82-34-19(55)14(50)8(2-46)74-43(34)80-31-16(52)9(3-47)72-37(67)27(31)63/h8-35,37-43,46-64,67H,2-7H2,1H3,(H,65,66)(H,68,69)/t8-,9-,10-,11-,12-,13-,14-,15-,16+,17-,18+,19+,20-,21-,22-,23-,24-,25-,26-,27-,28+,29-,30+,31+,32+,33+,34+,35+,37?,38-,39-,40+,41+,42-,43-,45?/m1/s1. The molecule has 8 aliphatic rings. The Morgan fingerprint density at radius 3 is 1.45 bits per heavy atom. The minimum absolute atomic E-state index is 0.485. The molecule has 0 radical (unpaired) electrons. The van der Waals surface area contributed by atoms with Crippen molar-refractivity contribution < 1.29 is 193 Å². The van der Waals surface area contributed by atoms with Crippen molar-refractivity contribution in [1.29, 1.82) is 0 Å². The van der Waals surface area contributed by atoms with E-state index in [0.29, 0.717) is 0 Å². The molecule has 39 heteroatoms. The second kappa shape index (κ2) is 27.7. The van der Waals surface area contributed by atoms with Gasteiger partial charge in [0, 0.05) is 6.92 Å². The number of carboxylic acid groups (broad SMARTS) is 2. The first kappa shape index (κ1) is 67.5. The first-order valence-corrected chi connectivity index (χ1v) is 26.2. The molecule has 0 amide bonds. The summed E-state index contributed by atoms with van der Waals surface area (Å²) in [5.41, 5.74) is 0. The van der Waals surface area contributed by atoms with E-state index >= 15 is 0 Å². The van der Waals surface area contributed by atoms with Crippen LogP contribution in [-0.4, -0.2) is 385 Å². The Bertz CT molecular complexity index is 2140. The van der Waals surface area contributed by atoms with Crippen LogP contribution in [0.4, 0.5) is 0 Å². The molecule has 0 bridgehead atoms. The predicted octanol–water partition coefficient (Wildman–Crippen LogP) is -15.3. The van der Waals surface area contributed by atoms with Gasteiger partial charge in [-0.25, -0.2) is 9.59 Å². The van der Waals surface area contributed by atoms with Gasteiger partial charge in [-0.2, -0.15) is 0 Å². The molecule has 0 saturated carbocycles. The summed E-state index contributed by atoms with van der Waals surface area (Å²) in [4.78, 5) is 24.4.